The molecule has 2 heterocycles. The molecule has 1 aliphatic carbocycles. The third-order valence-electron chi connectivity index (χ3n) is 2.84. The van der Waals surface area contributed by atoms with Gasteiger partial charge in [0.1, 0.15) is 0 Å². The number of hydrogen-bond donors (Lipinski definition) is 0. The highest BCUT2D eigenvalue weighted by molar-refractivity contribution is 7.99. The first-order chi connectivity index (χ1) is 8.74. The molecule has 1 saturated carbocycles. The Morgan fingerprint density at radius 3 is 3.06 bits per heavy atom. The molecule has 0 amide bonds. The zero-order valence-corrected chi connectivity index (χ0v) is 10.8. The summed E-state index contributed by atoms with van der Waals surface area (Å²) in [5.74, 6) is 0.475. The number of aromatic nitrogens is 5. The van der Waals surface area contributed by atoms with E-state index >= 15 is 0 Å². The molecule has 6 nitrogen and oxygen atoms in total. The van der Waals surface area contributed by atoms with E-state index < -0.39 is 0 Å². The van der Waals surface area contributed by atoms with E-state index in [0.717, 1.165) is 23.6 Å². The average molecular weight is 263 g/mol. The lowest BCUT2D eigenvalue weighted by molar-refractivity contribution is 0.102. The Bertz CT molecular complexity index is 572. The van der Waals surface area contributed by atoms with Crippen LogP contribution in [0.25, 0.3) is 0 Å². The third-order valence-corrected chi connectivity index (χ3v) is 3.78. The molecule has 7 heteroatoms. The number of thioether (sulfide) groups is 1. The molecule has 0 atom stereocenters. The number of ketones is 1. The van der Waals surface area contributed by atoms with E-state index in [9.17, 15) is 4.79 Å². The van der Waals surface area contributed by atoms with Crippen molar-refractivity contribution in [2.45, 2.75) is 24.0 Å². The third kappa shape index (κ3) is 2.31. The van der Waals surface area contributed by atoms with Gasteiger partial charge in [0.15, 0.2) is 5.78 Å². The van der Waals surface area contributed by atoms with E-state index in [0.29, 0.717) is 11.8 Å². The summed E-state index contributed by atoms with van der Waals surface area (Å²) >= 11 is 1.40. The first-order valence-corrected chi connectivity index (χ1v) is 6.78. The zero-order valence-electron chi connectivity index (χ0n) is 9.98. The molecular formula is C11H13N5OS. The highest BCUT2D eigenvalue weighted by Crippen LogP contribution is 2.36. The predicted molar refractivity (Wildman–Crippen MR) is 66.6 cm³/mol. The van der Waals surface area contributed by atoms with Crippen molar-refractivity contribution < 1.29 is 4.79 Å². The first-order valence-electron chi connectivity index (χ1n) is 5.80. The Balaban J connectivity index is 1.63. The van der Waals surface area contributed by atoms with Crippen LogP contribution < -0.4 is 0 Å². The number of Topliss-reactive ketones (excluding diaryl/α,β-unsaturated/α-hetero) is 1. The van der Waals surface area contributed by atoms with Crippen LogP contribution in [0.15, 0.2) is 23.6 Å². The number of carbonyl (C=O) groups is 1. The molecule has 18 heavy (non-hydrogen) atoms. The minimum Gasteiger partial charge on any atom is -0.357 e. The van der Waals surface area contributed by atoms with Gasteiger partial charge < -0.3 is 4.57 Å². The van der Waals surface area contributed by atoms with Gasteiger partial charge in [0, 0.05) is 25.0 Å². The lowest BCUT2D eigenvalue weighted by Gasteiger charge is -2.00. The van der Waals surface area contributed by atoms with E-state index in [1.54, 1.807) is 0 Å². The van der Waals surface area contributed by atoms with Gasteiger partial charge in [0.05, 0.1) is 11.8 Å². The van der Waals surface area contributed by atoms with E-state index in [1.807, 2.05) is 34.8 Å². The van der Waals surface area contributed by atoms with Crippen LogP contribution in [0.1, 0.15) is 29.2 Å². The maximum Gasteiger partial charge on any atom is 0.210 e. The lowest BCUT2D eigenvalue weighted by Crippen LogP contribution is -2.04. The standard InChI is InChI=1S/C11H13N5OS/c1-15-5-4-8(6-15)10(17)7-18-11-12-13-14-16(11)9-2-3-9/h4-6,9H,2-3,7H2,1H3. The minimum atomic E-state index is 0.103. The van der Waals surface area contributed by atoms with Crippen molar-refractivity contribution in [3.8, 4) is 0 Å². The predicted octanol–water partition coefficient (Wildman–Crippen LogP) is 1.32. The highest BCUT2D eigenvalue weighted by atomic mass is 32.2. The van der Waals surface area contributed by atoms with Gasteiger partial charge in [-0.05, 0) is 29.3 Å². The number of hydrogen-bond acceptors (Lipinski definition) is 5. The Labute approximate surface area is 108 Å². The Kier molecular flexibility index (Phi) is 2.91. The van der Waals surface area contributed by atoms with Gasteiger partial charge in [-0.3, -0.25) is 4.79 Å². The van der Waals surface area contributed by atoms with Gasteiger partial charge in [0.2, 0.25) is 5.16 Å². The van der Waals surface area contributed by atoms with Gasteiger partial charge in [-0.2, -0.15) is 0 Å². The van der Waals surface area contributed by atoms with Crippen molar-refractivity contribution in [2.24, 2.45) is 7.05 Å². The molecule has 1 fully saturated rings. The number of nitrogens with zero attached hydrogens (tertiary/aromatic N) is 5. The lowest BCUT2D eigenvalue weighted by atomic mass is 10.2. The summed E-state index contributed by atoms with van der Waals surface area (Å²) < 4.78 is 3.69. The molecular weight excluding hydrogens is 250 g/mol. The summed E-state index contributed by atoms with van der Waals surface area (Å²) in [4.78, 5) is 11.9. The molecule has 0 bridgehead atoms. The second-order valence-corrected chi connectivity index (χ2v) is 5.36. The van der Waals surface area contributed by atoms with Crippen LogP contribution in [0.4, 0.5) is 0 Å². The van der Waals surface area contributed by atoms with Crippen molar-refractivity contribution in [3.05, 3.63) is 24.0 Å². The van der Waals surface area contributed by atoms with Crippen molar-refractivity contribution in [2.75, 3.05) is 5.75 Å². The molecule has 0 spiro atoms. The van der Waals surface area contributed by atoms with E-state index in [4.69, 9.17) is 0 Å². The molecule has 0 saturated heterocycles. The summed E-state index contributed by atoms with van der Waals surface area (Å²) in [6, 6.07) is 2.27. The van der Waals surface area contributed by atoms with Crippen LogP contribution in [-0.2, 0) is 7.05 Å². The van der Waals surface area contributed by atoms with Crippen molar-refractivity contribution in [1.29, 1.82) is 0 Å². The summed E-state index contributed by atoms with van der Waals surface area (Å²) in [7, 11) is 1.90. The molecule has 0 radical (unpaired) electrons. The topological polar surface area (TPSA) is 65.6 Å². The van der Waals surface area contributed by atoms with Gasteiger partial charge in [0.25, 0.3) is 0 Å². The fraction of sp³-hybridized carbons (Fsp3) is 0.455. The smallest absolute Gasteiger partial charge is 0.210 e. The van der Waals surface area contributed by atoms with Gasteiger partial charge in [-0.25, -0.2) is 4.68 Å². The second-order valence-electron chi connectivity index (χ2n) is 4.41. The highest BCUT2D eigenvalue weighted by Gasteiger charge is 2.28. The molecule has 94 valence electrons. The molecule has 0 aromatic carbocycles. The first kappa shape index (κ1) is 11.5. The number of carbonyl (C=O) groups excluding carboxylic acids is 1. The Morgan fingerprint density at radius 1 is 1.56 bits per heavy atom. The van der Waals surface area contributed by atoms with Crippen LogP contribution in [-0.4, -0.2) is 36.3 Å². The van der Waals surface area contributed by atoms with Crippen molar-refractivity contribution in [1.82, 2.24) is 24.8 Å². The van der Waals surface area contributed by atoms with E-state index in [2.05, 4.69) is 15.5 Å². The monoisotopic (exact) mass is 263 g/mol. The number of rotatable bonds is 5. The SMILES string of the molecule is Cn1ccc(C(=O)CSc2nnnn2C2CC2)c1. The van der Waals surface area contributed by atoms with Gasteiger partial charge in [-0.15, -0.1) is 5.10 Å². The zero-order chi connectivity index (χ0) is 12.5. The number of tetrazole rings is 1. The summed E-state index contributed by atoms with van der Waals surface area (Å²) in [5, 5.41) is 12.3. The van der Waals surface area contributed by atoms with Crippen LogP contribution in [0.2, 0.25) is 0 Å². The van der Waals surface area contributed by atoms with E-state index in [-0.39, 0.29) is 5.78 Å². The molecule has 1 aliphatic rings. The fourth-order valence-electron chi connectivity index (χ4n) is 1.71. The van der Waals surface area contributed by atoms with Gasteiger partial charge in [-0.1, -0.05) is 11.8 Å². The van der Waals surface area contributed by atoms with Crippen LogP contribution in [0.5, 0.6) is 0 Å². The quantitative estimate of drug-likeness (QED) is 0.601. The molecule has 0 N–H and O–H groups in total. The van der Waals surface area contributed by atoms with E-state index in [1.165, 1.54) is 11.8 Å². The fourth-order valence-corrected chi connectivity index (χ4v) is 2.55. The molecule has 0 aliphatic heterocycles. The van der Waals surface area contributed by atoms with Crippen molar-refractivity contribution >= 4 is 17.5 Å². The molecule has 2 aromatic rings. The Morgan fingerprint density at radius 2 is 2.39 bits per heavy atom. The van der Waals surface area contributed by atoms with Gasteiger partial charge >= 0.3 is 0 Å². The largest absolute Gasteiger partial charge is 0.357 e. The van der Waals surface area contributed by atoms with Crippen LogP contribution in [0, 0.1) is 0 Å². The average Bonchev–Trinajstić information content (AvgIpc) is 2.94. The van der Waals surface area contributed by atoms with Crippen LogP contribution in [0.3, 0.4) is 0 Å². The van der Waals surface area contributed by atoms with Crippen molar-refractivity contribution in [3.63, 3.8) is 0 Å². The maximum absolute atomic E-state index is 11.9. The summed E-state index contributed by atoms with van der Waals surface area (Å²) in [6.07, 6.45) is 5.95. The maximum atomic E-state index is 11.9. The minimum absolute atomic E-state index is 0.103. The number of aryl methyl sites for hydroxylation is 1. The van der Waals surface area contributed by atoms with Crippen LogP contribution >= 0.6 is 11.8 Å². The summed E-state index contributed by atoms with van der Waals surface area (Å²) in [6.45, 7) is 0. The Hall–Kier alpha value is -1.63. The summed E-state index contributed by atoms with van der Waals surface area (Å²) in [5.41, 5.74) is 0.732. The molecule has 0 unspecified atom stereocenters. The second kappa shape index (κ2) is 4.56. The molecule has 3 rings (SSSR count). The normalized spacial score (nSPS) is 14.9. The molecule has 2 aromatic heterocycles.